The molecule has 0 spiro atoms. The van der Waals surface area contributed by atoms with Gasteiger partial charge in [0.05, 0.1) is 18.2 Å². The van der Waals surface area contributed by atoms with Crippen molar-refractivity contribution in [3.05, 3.63) is 82.6 Å². The average molecular weight is 543 g/mol. The number of rotatable bonds is 9. The van der Waals surface area contributed by atoms with Crippen molar-refractivity contribution in [2.45, 2.75) is 51.0 Å². The Kier molecular flexibility index (Phi) is 7.74. The summed E-state index contributed by atoms with van der Waals surface area (Å²) in [4.78, 5) is 34.0. The van der Waals surface area contributed by atoms with Crippen LogP contribution in [0.5, 0.6) is 0 Å². The zero-order chi connectivity index (χ0) is 26.6. The molecule has 1 fully saturated rings. The summed E-state index contributed by atoms with van der Waals surface area (Å²) in [6.45, 7) is 3.42. The van der Waals surface area contributed by atoms with Gasteiger partial charge in [0.2, 0.25) is 11.8 Å². The molecule has 0 radical (unpaired) electrons. The molecule has 1 saturated heterocycles. The van der Waals surface area contributed by atoms with Crippen LogP contribution in [-0.4, -0.2) is 41.3 Å². The monoisotopic (exact) mass is 542 g/mol. The Morgan fingerprint density at radius 3 is 2.79 bits per heavy atom. The van der Waals surface area contributed by atoms with Gasteiger partial charge in [-0.1, -0.05) is 48.5 Å². The van der Waals surface area contributed by atoms with Crippen molar-refractivity contribution in [3.8, 4) is 0 Å². The number of nitrogens with one attached hydrogen (secondary N) is 2. The normalized spacial score (nSPS) is 19.2. The van der Waals surface area contributed by atoms with Crippen LogP contribution in [-0.2, 0) is 29.0 Å². The second kappa shape index (κ2) is 11.7. The van der Waals surface area contributed by atoms with Crippen molar-refractivity contribution >= 4 is 39.3 Å². The molecule has 2 amide bonds. The maximum atomic E-state index is 13.2. The number of anilines is 1. The van der Waals surface area contributed by atoms with Gasteiger partial charge < -0.3 is 15.1 Å². The van der Waals surface area contributed by atoms with Crippen molar-refractivity contribution in [2.24, 2.45) is 5.92 Å². The zero-order valence-corrected chi connectivity index (χ0v) is 22.8. The van der Waals surface area contributed by atoms with Crippen LogP contribution in [0, 0.1) is 5.92 Å². The van der Waals surface area contributed by atoms with Crippen molar-refractivity contribution in [3.63, 3.8) is 0 Å². The molecule has 202 valence electrons. The number of aryl methyl sites for hydroxylation is 2. The van der Waals surface area contributed by atoms with Crippen molar-refractivity contribution in [2.75, 3.05) is 25.0 Å². The topological polar surface area (TPSA) is 87.5 Å². The van der Waals surface area contributed by atoms with E-state index >= 15 is 0 Å². The molecule has 3 heterocycles. The number of carbonyl (C=O) groups excluding carboxylic acids is 2. The molecule has 2 atom stereocenters. The molecule has 2 aromatic heterocycles. The predicted octanol–water partition coefficient (Wildman–Crippen LogP) is 5.52. The van der Waals surface area contributed by atoms with E-state index in [1.807, 2.05) is 48.5 Å². The maximum Gasteiger partial charge on any atom is 0.229 e. The van der Waals surface area contributed by atoms with Gasteiger partial charge in [0.1, 0.15) is 11.3 Å². The van der Waals surface area contributed by atoms with Crippen molar-refractivity contribution in [1.82, 2.24) is 15.2 Å². The summed E-state index contributed by atoms with van der Waals surface area (Å²) in [5, 5.41) is 7.92. The Balaban J connectivity index is 0.990. The number of nitrogens with zero attached hydrogens (tertiary/aromatic N) is 2. The van der Waals surface area contributed by atoms with E-state index in [9.17, 15) is 9.59 Å². The number of likely N-dealkylation sites (tertiary alicyclic amines) is 1. The minimum Gasteiger partial charge on any atom is -0.460 e. The smallest absolute Gasteiger partial charge is 0.229 e. The number of furan rings is 1. The van der Waals surface area contributed by atoms with Gasteiger partial charge in [-0.25, -0.2) is 4.98 Å². The first kappa shape index (κ1) is 25.8. The van der Waals surface area contributed by atoms with E-state index < -0.39 is 0 Å². The van der Waals surface area contributed by atoms with Crippen molar-refractivity contribution in [1.29, 1.82) is 0 Å². The lowest BCUT2D eigenvalue weighted by molar-refractivity contribution is -0.123. The Labute approximate surface area is 232 Å². The zero-order valence-electron chi connectivity index (χ0n) is 22.0. The first-order chi connectivity index (χ1) is 19.1. The predicted molar refractivity (Wildman–Crippen MR) is 154 cm³/mol. The van der Waals surface area contributed by atoms with E-state index in [0.29, 0.717) is 30.4 Å². The second-order valence-corrected chi connectivity index (χ2v) is 11.8. The van der Waals surface area contributed by atoms with Gasteiger partial charge in [-0.05, 0) is 62.3 Å². The highest BCUT2D eigenvalue weighted by atomic mass is 32.1. The molecule has 0 bridgehead atoms. The summed E-state index contributed by atoms with van der Waals surface area (Å²) in [6.07, 6.45) is 4.84. The molecular weight excluding hydrogens is 508 g/mol. The van der Waals surface area contributed by atoms with E-state index in [2.05, 4.69) is 27.7 Å². The fourth-order valence-electron chi connectivity index (χ4n) is 5.74. The quantitative estimate of drug-likeness (QED) is 0.291. The average Bonchev–Trinajstić information content (AvgIpc) is 3.68. The fourth-order valence-corrected chi connectivity index (χ4v) is 6.82. The summed E-state index contributed by atoms with van der Waals surface area (Å²) >= 11 is 1.51. The van der Waals surface area contributed by atoms with Crippen molar-refractivity contribution < 1.29 is 14.0 Å². The molecule has 4 aromatic rings. The van der Waals surface area contributed by atoms with E-state index in [-0.39, 0.29) is 17.7 Å². The molecule has 1 aliphatic carbocycles. The van der Waals surface area contributed by atoms with Gasteiger partial charge in [-0.3, -0.25) is 14.5 Å². The summed E-state index contributed by atoms with van der Waals surface area (Å²) < 4.78 is 5.99. The van der Waals surface area contributed by atoms with E-state index in [4.69, 9.17) is 9.40 Å². The third-order valence-corrected chi connectivity index (χ3v) is 8.84. The lowest BCUT2D eigenvalue weighted by atomic mass is 9.90. The molecule has 8 heteroatoms. The molecule has 0 saturated carbocycles. The molecule has 2 aromatic carbocycles. The second-order valence-electron chi connectivity index (χ2n) is 10.7. The molecule has 2 aliphatic rings. The third kappa shape index (κ3) is 6.23. The van der Waals surface area contributed by atoms with Crippen LogP contribution >= 0.6 is 11.3 Å². The first-order valence-corrected chi connectivity index (χ1v) is 14.7. The Hall–Kier alpha value is -3.49. The number of hydrogen-bond acceptors (Lipinski definition) is 6. The number of hydrogen-bond donors (Lipinski definition) is 2. The van der Waals surface area contributed by atoms with Crippen LogP contribution < -0.4 is 10.6 Å². The molecule has 39 heavy (non-hydrogen) atoms. The van der Waals surface area contributed by atoms with Crippen LogP contribution in [0.25, 0.3) is 11.0 Å². The fraction of sp³-hybridized carbons (Fsp3) is 0.387. The number of amides is 2. The highest BCUT2D eigenvalue weighted by Gasteiger charge is 2.31. The number of benzene rings is 2. The van der Waals surface area contributed by atoms with Gasteiger partial charge in [-0.2, -0.15) is 0 Å². The number of fused-ring (bicyclic) bond motifs is 2. The first-order valence-electron chi connectivity index (χ1n) is 13.9. The SMILES string of the molecule is O=C(CCc1ccccc1)Nc1nc2c(s1)CCCC2C(=O)NCC1CCN(Cc2cc3ccccc3o2)C1. The minimum absolute atomic E-state index is 0.0422. The summed E-state index contributed by atoms with van der Waals surface area (Å²) in [7, 11) is 0. The lowest BCUT2D eigenvalue weighted by Gasteiger charge is -2.21. The van der Waals surface area contributed by atoms with Crippen LogP contribution in [0.3, 0.4) is 0 Å². The number of thiazole rings is 1. The molecule has 2 unspecified atom stereocenters. The number of aromatic nitrogens is 1. The highest BCUT2D eigenvalue weighted by Crippen LogP contribution is 2.37. The van der Waals surface area contributed by atoms with Gasteiger partial charge in [0.15, 0.2) is 5.13 Å². The van der Waals surface area contributed by atoms with Crippen LogP contribution in [0.2, 0.25) is 0 Å². The molecule has 6 rings (SSSR count). The summed E-state index contributed by atoms with van der Waals surface area (Å²) in [5.74, 6) is 1.18. The summed E-state index contributed by atoms with van der Waals surface area (Å²) in [5.41, 5.74) is 2.92. The van der Waals surface area contributed by atoms with Gasteiger partial charge >= 0.3 is 0 Å². The number of para-hydroxylation sites is 1. The minimum atomic E-state index is -0.243. The van der Waals surface area contributed by atoms with Gasteiger partial charge in [-0.15, -0.1) is 11.3 Å². The Bertz CT molecular complexity index is 1410. The van der Waals surface area contributed by atoms with Gasteiger partial charge in [0, 0.05) is 29.8 Å². The third-order valence-electron chi connectivity index (χ3n) is 7.79. The molecule has 2 N–H and O–H groups in total. The molecule has 7 nitrogen and oxygen atoms in total. The summed E-state index contributed by atoms with van der Waals surface area (Å²) in [6, 6.07) is 20.2. The standard InChI is InChI=1S/C31H34N4O3S/c36-28(14-13-21-7-2-1-3-8-21)33-31-34-29-25(10-6-12-27(29)39-31)30(37)32-18-22-15-16-35(19-22)20-24-17-23-9-4-5-11-26(23)38-24/h1-5,7-9,11,17,22,25H,6,10,12-16,18-20H2,(H,32,37)(H,33,34,36). The Morgan fingerprint density at radius 2 is 1.92 bits per heavy atom. The van der Waals surface area contributed by atoms with Crippen LogP contribution in [0.4, 0.5) is 5.13 Å². The van der Waals surface area contributed by atoms with E-state index in [0.717, 1.165) is 78.2 Å². The maximum absolute atomic E-state index is 13.2. The Morgan fingerprint density at radius 1 is 1.08 bits per heavy atom. The van der Waals surface area contributed by atoms with Gasteiger partial charge in [0.25, 0.3) is 0 Å². The molecule has 1 aliphatic heterocycles. The van der Waals surface area contributed by atoms with E-state index in [1.165, 1.54) is 11.3 Å². The molecular formula is C31H34N4O3S. The lowest BCUT2D eigenvalue weighted by Crippen LogP contribution is -2.35. The van der Waals surface area contributed by atoms with Crippen LogP contribution in [0.1, 0.15) is 53.5 Å². The largest absolute Gasteiger partial charge is 0.460 e. The van der Waals surface area contributed by atoms with Crippen LogP contribution in [0.15, 0.2) is 65.1 Å². The number of carbonyl (C=O) groups is 2. The highest BCUT2D eigenvalue weighted by molar-refractivity contribution is 7.15. The van der Waals surface area contributed by atoms with E-state index in [1.54, 1.807) is 0 Å².